The number of hydrogen-bond acceptors (Lipinski definition) is 10. The van der Waals surface area contributed by atoms with E-state index in [0.717, 1.165) is 108 Å². The van der Waals surface area contributed by atoms with Crippen LogP contribution in [0.1, 0.15) is 0 Å². The van der Waals surface area contributed by atoms with Gasteiger partial charge >= 0.3 is 0 Å². The van der Waals surface area contributed by atoms with Crippen LogP contribution in [0, 0.1) is 0 Å². The molecular formula is C96H57B2N5OS4. The lowest BCUT2D eigenvalue weighted by Crippen LogP contribution is -2.64. The Morgan fingerprint density at radius 3 is 1.06 bits per heavy atom. The Hall–Kier alpha value is -12.7. The lowest BCUT2D eigenvalue weighted by atomic mass is 9.30. The maximum absolute atomic E-state index is 8.07. The van der Waals surface area contributed by atoms with Gasteiger partial charge in [-0.2, -0.15) is 0 Å². The highest BCUT2D eigenvalue weighted by atomic mass is 32.1. The molecule has 24 rings (SSSR count). The molecule has 0 N–H and O–H groups in total. The van der Waals surface area contributed by atoms with Gasteiger partial charge in [0.2, 0.25) is 0 Å². The molecule has 8 heterocycles. The predicted molar refractivity (Wildman–Crippen MR) is 467 cm³/mol. The fourth-order valence-corrected chi connectivity index (χ4v) is 23.2. The molecule has 4 aromatic heterocycles. The van der Waals surface area contributed by atoms with E-state index < -0.39 is 0 Å². The zero-order valence-electron chi connectivity index (χ0n) is 57.8. The third-order valence-corrected chi connectivity index (χ3v) is 27.6. The highest BCUT2D eigenvalue weighted by molar-refractivity contribution is 7.28. The largest absolute Gasteiger partial charge is 0.458 e. The second-order valence-corrected chi connectivity index (χ2v) is 32.7. The summed E-state index contributed by atoms with van der Waals surface area (Å²) < 4.78 is 18.1. The number of rotatable bonds is 9. The highest BCUT2D eigenvalue weighted by Crippen LogP contribution is 2.56. The number of nitrogens with zero attached hydrogens (tertiary/aromatic N) is 5. The van der Waals surface area contributed by atoms with E-state index in [1.54, 1.807) is 0 Å². The SMILES string of the molecule is c1ccc(N(c2ccccc2)c2cc3c4c(c2)N(c2cccc5c2sc2ccccc25)c2ccccc2B4c2cc4c(cc2O3)N(c2cccc3c2sc2ccccc23)c2cc(N(c3ccccc3)c3cccc5c3sc3ccccc35)cc3c2B4c2ccccc2N3c2cccc3c2sc2ccccc23)cc1. The van der Waals surface area contributed by atoms with Crippen LogP contribution in [-0.4, -0.2) is 13.4 Å². The molecule has 12 heteroatoms. The van der Waals surface area contributed by atoms with Crippen molar-refractivity contribution in [1.82, 2.24) is 0 Å². The van der Waals surface area contributed by atoms with Gasteiger partial charge in [-0.25, -0.2) is 0 Å². The molecule has 4 aliphatic heterocycles. The highest BCUT2D eigenvalue weighted by Gasteiger charge is 2.49. The van der Waals surface area contributed by atoms with Crippen LogP contribution < -0.4 is 62.0 Å². The average Bonchev–Trinajstić information content (AvgIpc) is 1.39. The first-order chi connectivity index (χ1) is 53.6. The molecule has 20 aromatic rings. The molecule has 0 radical (unpaired) electrons. The summed E-state index contributed by atoms with van der Waals surface area (Å²) in [5, 5.41) is 10.0. The van der Waals surface area contributed by atoms with E-state index in [0.29, 0.717) is 0 Å². The van der Waals surface area contributed by atoms with Crippen LogP contribution in [0.4, 0.5) is 85.3 Å². The van der Waals surface area contributed by atoms with E-state index in [9.17, 15) is 0 Å². The number of thiophene rings is 4. The summed E-state index contributed by atoms with van der Waals surface area (Å²) in [7, 11) is 0. The monoisotopic (exact) mass is 1450 g/mol. The van der Waals surface area contributed by atoms with Crippen LogP contribution in [0.15, 0.2) is 346 Å². The van der Waals surface area contributed by atoms with E-state index >= 15 is 0 Å². The fraction of sp³-hybridized carbons (Fsp3) is 0. The summed E-state index contributed by atoms with van der Waals surface area (Å²) in [4.78, 5) is 12.8. The first-order valence-electron chi connectivity index (χ1n) is 36.8. The third-order valence-electron chi connectivity index (χ3n) is 22.8. The first kappa shape index (κ1) is 60.6. The normalized spacial score (nSPS) is 13.2. The van der Waals surface area contributed by atoms with Gasteiger partial charge in [0.1, 0.15) is 11.5 Å². The Balaban J connectivity index is 0.816. The Labute approximate surface area is 639 Å². The topological polar surface area (TPSA) is 25.4 Å². The second kappa shape index (κ2) is 23.4. The molecule has 6 nitrogen and oxygen atoms in total. The molecular weight excluding hydrogens is 1390 g/mol. The van der Waals surface area contributed by atoms with Gasteiger partial charge in [0.05, 0.1) is 52.9 Å². The molecule has 0 amide bonds. The molecule has 0 atom stereocenters. The van der Waals surface area contributed by atoms with Crippen molar-refractivity contribution in [3.63, 3.8) is 0 Å². The predicted octanol–water partition coefficient (Wildman–Crippen LogP) is 24.6. The number of hydrogen-bond donors (Lipinski definition) is 0. The van der Waals surface area contributed by atoms with Crippen molar-refractivity contribution in [1.29, 1.82) is 0 Å². The van der Waals surface area contributed by atoms with Crippen LogP contribution in [0.2, 0.25) is 0 Å². The summed E-state index contributed by atoms with van der Waals surface area (Å²) in [6.07, 6.45) is 0. The molecule has 4 aliphatic rings. The van der Waals surface area contributed by atoms with Crippen molar-refractivity contribution in [3.05, 3.63) is 346 Å². The molecule has 0 unspecified atom stereocenters. The van der Waals surface area contributed by atoms with Gasteiger partial charge in [0, 0.05) is 125 Å². The van der Waals surface area contributed by atoms with Crippen molar-refractivity contribution in [2.45, 2.75) is 0 Å². The number of ether oxygens (including phenoxy) is 1. The lowest BCUT2D eigenvalue weighted by Gasteiger charge is -2.46. The molecule has 108 heavy (non-hydrogen) atoms. The Morgan fingerprint density at radius 1 is 0.222 bits per heavy atom. The molecule has 0 spiro atoms. The van der Waals surface area contributed by atoms with Crippen molar-refractivity contribution in [2.24, 2.45) is 0 Å². The van der Waals surface area contributed by atoms with Crippen molar-refractivity contribution in [2.75, 3.05) is 24.5 Å². The zero-order valence-corrected chi connectivity index (χ0v) is 61.1. The quantitative estimate of drug-likeness (QED) is 0.134. The Morgan fingerprint density at radius 2 is 0.574 bits per heavy atom. The van der Waals surface area contributed by atoms with Gasteiger partial charge in [-0.3, -0.25) is 0 Å². The van der Waals surface area contributed by atoms with Crippen LogP contribution in [-0.2, 0) is 0 Å². The number of fused-ring (bicyclic) bond motifs is 20. The summed E-state index contributed by atoms with van der Waals surface area (Å²) in [6.45, 7) is -0.490. The average molecular weight is 1450 g/mol. The van der Waals surface area contributed by atoms with Crippen LogP contribution in [0.25, 0.3) is 80.7 Å². The minimum absolute atomic E-state index is 0.242. The molecule has 0 fully saturated rings. The number of benzene rings is 16. The molecule has 0 aliphatic carbocycles. The second-order valence-electron chi connectivity index (χ2n) is 28.5. The summed E-state index contributed by atoms with van der Waals surface area (Å²) in [6, 6.07) is 129. The maximum atomic E-state index is 8.07. The van der Waals surface area contributed by atoms with Gasteiger partial charge in [-0.05, 0) is 148 Å². The van der Waals surface area contributed by atoms with Crippen LogP contribution >= 0.6 is 45.3 Å². The van der Waals surface area contributed by atoms with Crippen molar-refractivity contribution >= 4 is 258 Å². The number of para-hydroxylation sites is 5. The minimum Gasteiger partial charge on any atom is -0.458 e. The van der Waals surface area contributed by atoms with Gasteiger partial charge in [-0.15, -0.1) is 45.3 Å². The maximum Gasteiger partial charge on any atom is 0.256 e. The fourth-order valence-electron chi connectivity index (χ4n) is 18.4. The van der Waals surface area contributed by atoms with Crippen LogP contribution in [0.5, 0.6) is 11.5 Å². The molecule has 0 saturated carbocycles. The van der Waals surface area contributed by atoms with Crippen molar-refractivity contribution < 1.29 is 4.74 Å². The van der Waals surface area contributed by atoms with E-state index in [2.05, 4.69) is 370 Å². The Bertz CT molecular complexity index is 7160. The smallest absolute Gasteiger partial charge is 0.256 e. The van der Waals surface area contributed by atoms with E-state index in [1.807, 2.05) is 45.3 Å². The first-order valence-corrected chi connectivity index (χ1v) is 40.0. The van der Waals surface area contributed by atoms with Crippen molar-refractivity contribution in [3.8, 4) is 11.5 Å². The molecule has 502 valence electrons. The Kier molecular flexibility index (Phi) is 13.1. The van der Waals surface area contributed by atoms with Gasteiger partial charge in [-0.1, -0.05) is 218 Å². The van der Waals surface area contributed by atoms with E-state index in [1.165, 1.54) is 103 Å². The molecule has 16 aromatic carbocycles. The summed E-state index contributed by atoms with van der Waals surface area (Å²) >= 11 is 7.51. The van der Waals surface area contributed by atoms with Gasteiger partial charge in [0.15, 0.2) is 0 Å². The molecule has 0 saturated heterocycles. The number of anilines is 15. The van der Waals surface area contributed by atoms with E-state index in [4.69, 9.17) is 4.74 Å². The third kappa shape index (κ3) is 8.76. The summed E-state index contributed by atoms with van der Waals surface area (Å²) in [5.74, 6) is 1.65. The minimum atomic E-state index is -0.248. The van der Waals surface area contributed by atoms with Gasteiger partial charge < -0.3 is 29.2 Å². The lowest BCUT2D eigenvalue weighted by molar-refractivity contribution is 0.488. The standard InChI is InChI=1S/C96H57B2N5OS4/c1-4-26-58(27-5-1)99(59-28-6-2-7-29-59)62-54-84-92-86(55-62)104-85-57-81-73(56-74(85)98(92)72-41-15-17-43-76(72)102(84)79-46-24-38-69-65-34-12-20-50-89(65)107-95(69)79)97-71-40-14-16-42-75(71)101(78-45-23-37-68-64-33-11-19-49-88(64)106-94(68)78)82-52-61(53-83(91(82)97)103(81)80-47-25-39-70-66-35-13-21-51-90(66)108-96(70)80)100(60-30-8-3-9-31-60)77-44-22-36-67-63-32-10-18-48-87(63)105-93(67)77/h1-57H. The zero-order chi connectivity index (χ0) is 70.4. The van der Waals surface area contributed by atoms with Gasteiger partial charge in [0.25, 0.3) is 13.4 Å². The molecule has 0 bridgehead atoms. The summed E-state index contributed by atoms with van der Waals surface area (Å²) in [5.41, 5.74) is 23.6. The van der Waals surface area contributed by atoms with E-state index in [-0.39, 0.29) is 13.4 Å². The van der Waals surface area contributed by atoms with Crippen LogP contribution in [0.3, 0.4) is 0 Å².